The van der Waals surface area contributed by atoms with Crippen LogP contribution in [0.4, 0.5) is 5.82 Å². The summed E-state index contributed by atoms with van der Waals surface area (Å²) < 4.78 is 12.6. The highest BCUT2D eigenvalue weighted by Gasteiger charge is 2.34. The Kier molecular flexibility index (Phi) is 11.4. The first-order valence-electron chi connectivity index (χ1n) is 15.1. The minimum Gasteiger partial charge on any atom is -0.466 e. The molecular formula is C33H42N6O6. The zero-order valence-corrected chi connectivity index (χ0v) is 26.0. The van der Waals surface area contributed by atoms with Crippen LogP contribution < -0.4 is 16.4 Å². The van der Waals surface area contributed by atoms with E-state index in [1.807, 2.05) is 60.7 Å². The van der Waals surface area contributed by atoms with Crippen LogP contribution in [0.5, 0.6) is 0 Å². The number of rotatable bonds is 13. The SMILES string of the molecule is CCOC(=O)C1CCN(C(=O)C(c2ccccc2)n2cnc(NC(=O)[C@@H](COCc3ccccc3)NC(=O)C(C)(C)N)c2)CC1. The van der Waals surface area contributed by atoms with Gasteiger partial charge in [0.1, 0.15) is 12.1 Å². The fourth-order valence-corrected chi connectivity index (χ4v) is 5.00. The Labute approximate surface area is 263 Å². The first kappa shape index (κ1) is 33.3. The standard InChI is InChI=1S/C33H42N6O6/c1-4-45-31(42)25-15-17-38(18-16-25)30(41)28(24-13-9-6-10-14-24)39-19-27(35-22-39)37-29(40)26(36-32(43)33(2,3)34)21-44-20-23-11-7-5-8-12-23/h5-14,19,22,25-26,28H,4,15-18,20-21,34H2,1-3H3,(H,36,43)(H,37,40)/t26-,28?/m1/s1. The van der Waals surface area contributed by atoms with E-state index < -0.39 is 29.4 Å². The Morgan fingerprint density at radius 1 is 1.02 bits per heavy atom. The fraction of sp³-hybridized carbons (Fsp3) is 0.424. The van der Waals surface area contributed by atoms with E-state index >= 15 is 0 Å². The number of benzene rings is 2. The van der Waals surface area contributed by atoms with Crippen molar-refractivity contribution >= 4 is 29.5 Å². The summed E-state index contributed by atoms with van der Waals surface area (Å²) in [7, 11) is 0. The Balaban J connectivity index is 1.47. The number of imidazole rings is 1. The van der Waals surface area contributed by atoms with Gasteiger partial charge in [0.05, 0.1) is 37.6 Å². The molecule has 0 saturated carbocycles. The van der Waals surface area contributed by atoms with Gasteiger partial charge < -0.3 is 35.3 Å². The maximum absolute atomic E-state index is 13.9. The molecule has 1 aromatic heterocycles. The average Bonchev–Trinajstić information content (AvgIpc) is 3.48. The molecule has 2 heterocycles. The van der Waals surface area contributed by atoms with Gasteiger partial charge in [-0.3, -0.25) is 19.2 Å². The van der Waals surface area contributed by atoms with Gasteiger partial charge in [0, 0.05) is 19.3 Å². The number of piperidine rings is 1. The third kappa shape index (κ3) is 9.22. The quantitative estimate of drug-likeness (QED) is 0.247. The largest absolute Gasteiger partial charge is 0.466 e. The number of hydrogen-bond acceptors (Lipinski definition) is 8. The summed E-state index contributed by atoms with van der Waals surface area (Å²) in [6.07, 6.45) is 4.11. The molecule has 45 heavy (non-hydrogen) atoms. The summed E-state index contributed by atoms with van der Waals surface area (Å²) in [5, 5.41) is 5.41. The highest BCUT2D eigenvalue weighted by Crippen LogP contribution is 2.26. The van der Waals surface area contributed by atoms with Crippen LogP contribution in [0.25, 0.3) is 0 Å². The van der Waals surface area contributed by atoms with Gasteiger partial charge in [-0.1, -0.05) is 60.7 Å². The van der Waals surface area contributed by atoms with Crippen molar-refractivity contribution in [2.75, 3.05) is 31.6 Å². The number of ether oxygens (including phenoxy) is 2. The second kappa shape index (κ2) is 15.4. The molecule has 1 saturated heterocycles. The van der Waals surface area contributed by atoms with Crippen LogP contribution in [0.1, 0.15) is 50.8 Å². The zero-order valence-electron chi connectivity index (χ0n) is 26.0. The molecule has 12 heteroatoms. The molecule has 3 aromatic rings. The number of amides is 3. The minimum absolute atomic E-state index is 0.101. The van der Waals surface area contributed by atoms with Gasteiger partial charge in [0.25, 0.3) is 5.91 Å². The van der Waals surface area contributed by atoms with Crippen LogP contribution in [-0.4, -0.2) is 76.0 Å². The normalized spacial score (nSPS) is 15.2. The van der Waals surface area contributed by atoms with E-state index in [2.05, 4.69) is 15.6 Å². The molecule has 0 bridgehead atoms. The van der Waals surface area contributed by atoms with E-state index in [1.165, 1.54) is 6.33 Å². The molecule has 1 aliphatic heterocycles. The summed E-state index contributed by atoms with van der Waals surface area (Å²) in [6, 6.07) is 17.0. The van der Waals surface area contributed by atoms with E-state index in [9.17, 15) is 19.2 Å². The van der Waals surface area contributed by atoms with Gasteiger partial charge in [-0.15, -0.1) is 0 Å². The maximum Gasteiger partial charge on any atom is 0.309 e. The molecule has 4 N–H and O–H groups in total. The minimum atomic E-state index is -1.21. The van der Waals surface area contributed by atoms with E-state index in [1.54, 1.807) is 36.4 Å². The van der Waals surface area contributed by atoms with E-state index in [4.69, 9.17) is 15.2 Å². The van der Waals surface area contributed by atoms with Gasteiger partial charge in [0.2, 0.25) is 11.8 Å². The molecule has 4 rings (SSSR count). The first-order chi connectivity index (χ1) is 21.6. The molecule has 3 amide bonds. The van der Waals surface area contributed by atoms with Crippen molar-refractivity contribution in [2.45, 2.75) is 57.8 Å². The lowest BCUT2D eigenvalue weighted by atomic mass is 9.95. The maximum atomic E-state index is 13.9. The summed E-state index contributed by atoms with van der Waals surface area (Å²) in [5.74, 6) is -1.47. The average molecular weight is 619 g/mol. The number of esters is 1. The molecule has 0 spiro atoms. The third-order valence-corrected chi connectivity index (χ3v) is 7.53. The number of carbonyl (C=O) groups excluding carboxylic acids is 4. The van der Waals surface area contributed by atoms with Gasteiger partial charge >= 0.3 is 5.97 Å². The molecule has 2 atom stereocenters. The van der Waals surface area contributed by atoms with Crippen molar-refractivity contribution in [2.24, 2.45) is 11.7 Å². The van der Waals surface area contributed by atoms with Crippen molar-refractivity contribution in [3.05, 3.63) is 84.3 Å². The van der Waals surface area contributed by atoms with E-state index in [0.29, 0.717) is 32.5 Å². The lowest BCUT2D eigenvalue weighted by molar-refractivity contribution is -0.151. The molecule has 12 nitrogen and oxygen atoms in total. The summed E-state index contributed by atoms with van der Waals surface area (Å²) in [4.78, 5) is 58.2. The van der Waals surface area contributed by atoms with Crippen LogP contribution >= 0.6 is 0 Å². The highest BCUT2D eigenvalue weighted by molar-refractivity contribution is 5.98. The lowest BCUT2D eigenvalue weighted by Crippen LogP contribution is -2.56. The van der Waals surface area contributed by atoms with Crippen molar-refractivity contribution < 1.29 is 28.7 Å². The second-order valence-electron chi connectivity index (χ2n) is 11.6. The predicted octanol–water partition coefficient (Wildman–Crippen LogP) is 2.65. The number of likely N-dealkylation sites (tertiary alicyclic amines) is 1. The van der Waals surface area contributed by atoms with Crippen molar-refractivity contribution in [3.8, 4) is 0 Å². The molecule has 240 valence electrons. The highest BCUT2D eigenvalue weighted by atomic mass is 16.5. The van der Waals surface area contributed by atoms with Gasteiger partial charge in [0.15, 0.2) is 5.82 Å². The first-order valence-corrected chi connectivity index (χ1v) is 15.1. The van der Waals surface area contributed by atoms with E-state index in [0.717, 1.165) is 11.1 Å². The fourth-order valence-electron chi connectivity index (χ4n) is 5.00. The van der Waals surface area contributed by atoms with Crippen LogP contribution in [0.3, 0.4) is 0 Å². The van der Waals surface area contributed by atoms with Crippen molar-refractivity contribution in [3.63, 3.8) is 0 Å². The third-order valence-electron chi connectivity index (χ3n) is 7.53. The van der Waals surface area contributed by atoms with Crippen LogP contribution in [-0.2, 0) is 35.3 Å². The molecule has 0 radical (unpaired) electrons. The number of hydrogen-bond donors (Lipinski definition) is 3. The Morgan fingerprint density at radius 3 is 2.29 bits per heavy atom. The van der Waals surface area contributed by atoms with Crippen LogP contribution in [0.2, 0.25) is 0 Å². The van der Waals surface area contributed by atoms with Crippen LogP contribution in [0, 0.1) is 5.92 Å². The van der Waals surface area contributed by atoms with Crippen molar-refractivity contribution in [1.82, 2.24) is 19.8 Å². The Morgan fingerprint density at radius 2 is 1.67 bits per heavy atom. The zero-order chi connectivity index (χ0) is 32.4. The van der Waals surface area contributed by atoms with Gasteiger partial charge in [-0.2, -0.15) is 0 Å². The number of nitrogens with one attached hydrogen (secondary N) is 2. The lowest BCUT2D eigenvalue weighted by Gasteiger charge is -2.33. The molecule has 0 aliphatic carbocycles. The smallest absolute Gasteiger partial charge is 0.309 e. The Bertz CT molecular complexity index is 1430. The topological polar surface area (TPSA) is 158 Å². The molecule has 2 aromatic carbocycles. The summed E-state index contributed by atoms with van der Waals surface area (Å²) >= 11 is 0. The van der Waals surface area contributed by atoms with Crippen LogP contribution in [0.15, 0.2) is 73.2 Å². The number of nitrogens with zero attached hydrogens (tertiary/aromatic N) is 3. The van der Waals surface area contributed by atoms with Gasteiger partial charge in [-0.05, 0) is 44.7 Å². The molecular weight excluding hydrogens is 576 g/mol. The molecule has 1 aliphatic rings. The number of carbonyl (C=O) groups is 4. The number of aromatic nitrogens is 2. The second-order valence-corrected chi connectivity index (χ2v) is 11.6. The van der Waals surface area contributed by atoms with Crippen molar-refractivity contribution in [1.29, 1.82) is 0 Å². The summed E-state index contributed by atoms with van der Waals surface area (Å²) in [6.45, 7) is 6.19. The monoisotopic (exact) mass is 618 g/mol. The molecule has 1 unspecified atom stereocenters. The number of anilines is 1. The molecule has 1 fully saturated rings. The Hall–Kier alpha value is -4.55. The summed E-state index contributed by atoms with van der Waals surface area (Å²) in [5.41, 5.74) is 6.41. The predicted molar refractivity (Wildman–Crippen MR) is 168 cm³/mol. The van der Waals surface area contributed by atoms with E-state index in [-0.39, 0.29) is 36.8 Å². The van der Waals surface area contributed by atoms with Gasteiger partial charge in [-0.25, -0.2) is 4.98 Å². The number of nitrogens with two attached hydrogens (primary N) is 1.